The van der Waals surface area contributed by atoms with Gasteiger partial charge in [0.05, 0.1) is 30.4 Å². The highest BCUT2D eigenvalue weighted by molar-refractivity contribution is 7.88. The van der Waals surface area contributed by atoms with Gasteiger partial charge in [-0.25, -0.2) is 27.4 Å². The summed E-state index contributed by atoms with van der Waals surface area (Å²) < 4.78 is 32.1. The van der Waals surface area contributed by atoms with E-state index in [2.05, 4.69) is 15.1 Å². The maximum absolute atomic E-state index is 12.6. The fourth-order valence-electron chi connectivity index (χ4n) is 3.53. The number of ether oxygens (including phenoxy) is 1. The van der Waals surface area contributed by atoms with Gasteiger partial charge in [0.2, 0.25) is 10.0 Å². The smallest absolute Gasteiger partial charge is 0.341 e. The van der Waals surface area contributed by atoms with Crippen molar-refractivity contribution in [3.05, 3.63) is 41.7 Å². The molecule has 31 heavy (non-hydrogen) atoms. The summed E-state index contributed by atoms with van der Waals surface area (Å²) in [6.45, 7) is 4.71. The van der Waals surface area contributed by atoms with Gasteiger partial charge in [0.15, 0.2) is 0 Å². The highest BCUT2D eigenvalue weighted by atomic mass is 32.2. The zero-order valence-electron chi connectivity index (χ0n) is 17.8. The molecule has 0 aliphatic carbocycles. The normalized spacial score (nSPS) is 16.7. The Labute approximate surface area is 181 Å². The Morgan fingerprint density at radius 1 is 1.26 bits per heavy atom. The van der Waals surface area contributed by atoms with Gasteiger partial charge in [0.25, 0.3) is 0 Å². The first kappa shape index (κ1) is 22.8. The molecule has 10 nitrogen and oxygen atoms in total. The van der Waals surface area contributed by atoms with E-state index in [1.54, 1.807) is 47.7 Å². The molecule has 1 aliphatic heterocycles. The molecule has 0 unspecified atom stereocenters. The third-order valence-corrected chi connectivity index (χ3v) is 5.72. The number of likely N-dealkylation sites (tertiary alicyclic amines) is 1. The van der Waals surface area contributed by atoms with Crippen LogP contribution in [0, 0.1) is 6.92 Å². The van der Waals surface area contributed by atoms with Gasteiger partial charge in [-0.2, -0.15) is 5.10 Å². The molecular weight excluding hydrogens is 422 g/mol. The minimum atomic E-state index is -3.32. The lowest BCUT2D eigenvalue weighted by Gasteiger charge is -2.32. The predicted molar refractivity (Wildman–Crippen MR) is 116 cm³/mol. The average Bonchev–Trinajstić information content (AvgIpc) is 3.09. The van der Waals surface area contributed by atoms with E-state index in [4.69, 9.17) is 4.74 Å². The molecule has 0 saturated carbocycles. The van der Waals surface area contributed by atoms with Crippen molar-refractivity contribution in [1.82, 2.24) is 19.4 Å². The molecule has 3 rings (SSSR count). The summed E-state index contributed by atoms with van der Waals surface area (Å²) in [4.78, 5) is 26.2. The minimum absolute atomic E-state index is 0.284. The first-order chi connectivity index (χ1) is 14.7. The molecule has 1 fully saturated rings. The van der Waals surface area contributed by atoms with Crippen molar-refractivity contribution in [3.8, 4) is 5.69 Å². The summed E-state index contributed by atoms with van der Waals surface area (Å²) in [6, 6.07) is 6.49. The summed E-state index contributed by atoms with van der Waals surface area (Å²) in [7, 11) is -3.32. The van der Waals surface area contributed by atoms with Crippen molar-refractivity contribution in [2.24, 2.45) is 0 Å². The minimum Gasteiger partial charge on any atom is -0.462 e. The highest BCUT2D eigenvalue weighted by Gasteiger charge is 2.25. The molecule has 2 N–H and O–H groups in total. The van der Waals surface area contributed by atoms with Crippen LogP contribution in [0.15, 0.2) is 30.5 Å². The zero-order chi connectivity index (χ0) is 22.6. The fraction of sp³-hybridized carbons (Fsp3) is 0.450. The fourth-order valence-corrected chi connectivity index (χ4v) is 4.33. The van der Waals surface area contributed by atoms with E-state index in [0.717, 1.165) is 18.4 Å². The van der Waals surface area contributed by atoms with Crippen molar-refractivity contribution in [3.63, 3.8) is 0 Å². The van der Waals surface area contributed by atoms with Crippen molar-refractivity contribution in [2.75, 3.05) is 31.3 Å². The van der Waals surface area contributed by atoms with Crippen LogP contribution in [0.25, 0.3) is 5.69 Å². The molecule has 168 valence electrons. The number of hydrogen-bond acceptors (Lipinski definition) is 6. The molecular formula is C20H27N5O5S. The van der Waals surface area contributed by atoms with E-state index < -0.39 is 16.0 Å². The quantitative estimate of drug-likeness (QED) is 0.650. The number of piperidine rings is 1. The lowest BCUT2D eigenvalue weighted by Crippen LogP contribution is -2.50. The number of rotatable bonds is 6. The van der Waals surface area contributed by atoms with Crippen LogP contribution >= 0.6 is 0 Å². The lowest BCUT2D eigenvalue weighted by molar-refractivity contribution is 0.0525. The van der Waals surface area contributed by atoms with Crippen LogP contribution in [-0.4, -0.2) is 67.1 Å². The van der Waals surface area contributed by atoms with E-state index in [0.29, 0.717) is 43.1 Å². The summed E-state index contributed by atoms with van der Waals surface area (Å²) >= 11 is 0. The molecule has 2 heterocycles. The van der Waals surface area contributed by atoms with E-state index in [1.807, 2.05) is 0 Å². The van der Waals surface area contributed by atoms with Crippen molar-refractivity contribution < 1.29 is 22.7 Å². The molecule has 1 saturated heterocycles. The molecule has 2 aromatic rings. The van der Waals surface area contributed by atoms with E-state index >= 15 is 0 Å². The number of esters is 1. The second kappa shape index (κ2) is 9.48. The Morgan fingerprint density at radius 3 is 2.61 bits per heavy atom. The van der Waals surface area contributed by atoms with E-state index in [9.17, 15) is 18.0 Å². The second-order valence-electron chi connectivity index (χ2n) is 7.43. The van der Waals surface area contributed by atoms with E-state index in [1.165, 1.54) is 6.20 Å². The molecule has 1 aromatic heterocycles. The van der Waals surface area contributed by atoms with Gasteiger partial charge in [0, 0.05) is 24.8 Å². The van der Waals surface area contributed by atoms with Crippen LogP contribution in [0.5, 0.6) is 0 Å². The van der Waals surface area contributed by atoms with Gasteiger partial charge >= 0.3 is 12.0 Å². The van der Waals surface area contributed by atoms with Crippen LogP contribution in [-0.2, 0) is 14.8 Å². The van der Waals surface area contributed by atoms with Gasteiger partial charge in [-0.05, 0) is 51.0 Å². The Balaban J connectivity index is 1.64. The number of hydrogen-bond donors (Lipinski definition) is 2. The predicted octanol–water partition coefficient (Wildman–Crippen LogP) is 1.90. The van der Waals surface area contributed by atoms with Gasteiger partial charge in [-0.15, -0.1) is 0 Å². The lowest BCUT2D eigenvalue weighted by atomic mass is 10.1. The van der Waals surface area contributed by atoms with Gasteiger partial charge in [-0.1, -0.05) is 0 Å². The Hall–Kier alpha value is -2.92. The second-order valence-corrected chi connectivity index (χ2v) is 9.21. The van der Waals surface area contributed by atoms with Crippen molar-refractivity contribution in [1.29, 1.82) is 0 Å². The van der Waals surface area contributed by atoms with Crippen LogP contribution in [0.3, 0.4) is 0 Å². The molecule has 0 spiro atoms. The Morgan fingerprint density at radius 2 is 1.97 bits per heavy atom. The molecule has 1 aromatic carbocycles. The zero-order valence-corrected chi connectivity index (χ0v) is 18.6. The summed E-state index contributed by atoms with van der Waals surface area (Å²) in [6.07, 6.45) is 4.01. The van der Waals surface area contributed by atoms with E-state index in [-0.39, 0.29) is 12.1 Å². The number of carbonyl (C=O) groups is 2. The number of nitrogens with one attached hydrogen (secondary N) is 2. The number of sulfonamides is 1. The summed E-state index contributed by atoms with van der Waals surface area (Å²) in [5, 5.41) is 7.09. The van der Waals surface area contributed by atoms with Gasteiger partial charge < -0.3 is 15.0 Å². The monoisotopic (exact) mass is 449 g/mol. The average molecular weight is 450 g/mol. The third kappa shape index (κ3) is 5.82. The molecule has 0 radical (unpaired) electrons. The third-order valence-electron chi connectivity index (χ3n) is 4.96. The van der Waals surface area contributed by atoms with Crippen LogP contribution < -0.4 is 10.0 Å². The molecule has 2 amide bonds. The van der Waals surface area contributed by atoms with Crippen LogP contribution in [0.1, 0.15) is 35.8 Å². The number of aromatic nitrogens is 2. The summed E-state index contributed by atoms with van der Waals surface area (Å²) in [5.41, 5.74) is 2.40. The highest BCUT2D eigenvalue weighted by Crippen LogP contribution is 2.19. The molecule has 1 atom stereocenters. The standard InChI is InChI=1S/C20H27N5O5S/c1-4-30-19(26)18-12-21-25(14(18)2)17-9-7-15(8-10-17)22-20(27)24-11-5-6-16(13-24)23-31(3,28)29/h7-10,12,16,23H,4-6,11,13H2,1-3H3,(H,22,27)/t16-/m1/s1. The first-order valence-electron chi connectivity index (χ1n) is 10.0. The number of amides is 2. The van der Waals surface area contributed by atoms with Crippen molar-refractivity contribution in [2.45, 2.75) is 32.7 Å². The van der Waals surface area contributed by atoms with Crippen molar-refractivity contribution >= 4 is 27.7 Å². The maximum Gasteiger partial charge on any atom is 0.341 e. The molecule has 1 aliphatic rings. The first-order valence-corrected chi connectivity index (χ1v) is 11.9. The Kier molecular flexibility index (Phi) is 6.96. The topological polar surface area (TPSA) is 123 Å². The number of carbonyl (C=O) groups excluding carboxylic acids is 2. The molecule has 0 bridgehead atoms. The SMILES string of the molecule is CCOC(=O)c1cnn(-c2ccc(NC(=O)N3CCC[C@@H](NS(C)(=O)=O)C3)cc2)c1C. The Bertz CT molecular complexity index is 1050. The van der Waals surface area contributed by atoms with Gasteiger partial charge in [0.1, 0.15) is 5.56 Å². The molecule has 11 heteroatoms. The number of nitrogens with zero attached hydrogens (tertiary/aromatic N) is 3. The largest absolute Gasteiger partial charge is 0.462 e. The maximum atomic E-state index is 12.6. The summed E-state index contributed by atoms with van der Waals surface area (Å²) in [5.74, 6) is -0.416. The number of urea groups is 1. The number of benzene rings is 1. The van der Waals surface area contributed by atoms with Gasteiger partial charge in [-0.3, -0.25) is 0 Å². The van der Waals surface area contributed by atoms with Crippen LogP contribution in [0.2, 0.25) is 0 Å². The number of anilines is 1. The van der Waals surface area contributed by atoms with Crippen LogP contribution in [0.4, 0.5) is 10.5 Å².